The van der Waals surface area contributed by atoms with E-state index in [9.17, 15) is 4.79 Å². The quantitative estimate of drug-likeness (QED) is 0.807. The van der Waals surface area contributed by atoms with Gasteiger partial charge in [-0.25, -0.2) is 4.79 Å². The topological polar surface area (TPSA) is 50.4 Å². The van der Waals surface area contributed by atoms with E-state index >= 15 is 0 Å². The normalized spacial score (nSPS) is 20.1. The van der Waals surface area contributed by atoms with Gasteiger partial charge in [0.1, 0.15) is 5.60 Å². The van der Waals surface area contributed by atoms with Gasteiger partial charge in [-0.3, -0.25) is 0 Å². The Morgan fingerprint density at radius 2 is 1.84 bits per heavy atom. The van der Waals surface area contributed by atoms with E-state index < -0.39 is 5.60 Å². The summed E-state index contributed by atoms with van der Waals surface area (Å²) in [6.07, 6.45) is 5.05. The van der Waals surface area contributed by atoms with Crippen molar-refractivity contribution in [1.82, 2.24) is 10.6 Å². The SMILES string of the molecule is CC(CNC(=O)OC(C)(C)C)NC(C)C1CCCC1. The molecule has 0 radical (unpaired) electrons. The lowest BCUT2D eigenvalue weighted by Crippen LogP contribution is -2.45. The summed E-state index contributed by atoms with van der Waals surface area (Å²) in [6, 6.07) is 0.793. The molecule has 0 aromatic heterocycles. The number of amides is 1. The summed E-state index contributed by atoms with van der Waals surface area (Å²) in [5, 5.41) is 6.38. The van der Waals surface area contributed by atoms with Crippen LogP contribution < -0.4 is 10.6 Å². The summed E-state index contributed by atoms with van der Waals surface area (Å²) in [6.45, 7) is 10.6. The molecule has 2 unspecified atom stereocenters. The molecule has 1 aliphatic carbocycles. The maximum Gasteiger partial charge on any atom is 0.407 e. The molecule has 1 rings (SSSR count). The summed E-state index contributed by atoms with van der Waals surface area (Å²) in [5.74, 6) is 0.795. The lowest BCUT2D eigenvalue weighted by atomic mass is 9.99. The summed E-state index contributed by atoms with van der Waals surface area (Å²) in [4.78, 5) is 11.5. The molecular weight excluding hydrogens is 240 g/mol. The van der Waals surface area contributed by atoms with Crippen molar-refractivity contribution in [2.24, 2.45) is 5.92 Å². The van der Waals surface area contributed by atoms with E-state index in [1.165, 1.54) is 25.7 Å². The van der Waals surface area contributed by atoms with Crippen molar-refractivity contribution in [3.63, 3.8) is 0 Å². The second-order valence-electron chi connectivity index (χ2n) is 6.78. The molecule has 4 heteroatoms. The minimum atomic E-state index is -0.433. The van der Waals surface area contributed by atoms with Gasteiger partial charge in [-0.2, -0.15) is 0 Å². The Hall–Kier alpha value is -0.770. The predicted molar refractivity (Wildman–Crippen MR) is 78.3 cm³/mol. The third-order valence-corrected chi connectivity index (χ3v) is 3.61. The van der Waals surface area contributed by atoms with Gasteiger partial charge >= 0.3 is 6.09 Å². The average Bonchev–Trinajstić information content (AvgIpc) is 2.77. The van der Waals surface area contributed by atoms with Crippen molar-refractivity contribution in [2.75, 3.05) is 6.54 Å². The minimum Gasteiger partial charge on any atom is -0.444 e. The largest absolute Gasteiger partial charge is 0.444 e. The molecule has 0 aliphatic heterocycles. The Labute approximate surface area is 117 Å². The second kappa shape index (κ2) is 7.13. The van der Waals surface area contributed by atoms with Crippen LogP contribution in [0.3, 0.4) is 0 Å². The molecule has 0 saturated heterocycles. The third-order valence-electron chi connectivity index (χ3n) is 3.61. The highest BCUT2D eigenvalue weighted by molar-refractivity contribution is 5.67. The maximum absolute atomic E-state index is 11.5. The fraction of sp³-hybridized carbons (Fsp3) is 0.933. The van der Waals surface area contributed by atoms with Crippen LogP contribution in [0, 0.1) is 5.92 Å². The molecule has 1 aliphatic rings. The van der Waals surface area contributed by atoms with Crippen LogP contribution in [0.15, 0.2) is 0 Å². The maximum atomic E-state index is 11.5. The number of rotatable bonds is 5. The molecule has 0 spiro atoms. The highest BCUT2D eigenvalue weighted by Gasteiger charge is 2.23. The number of hydrogen-bond donors (Lipinski definition) is 2. The van der Waals surface area contributed by atoms with Crippen molar-refractivity contribution in [2.45, 2.75) is 78.0 Å². The number of nitrogens with one attached hydrogen (secondary N) is 2. The Balaban J connectivity index is 2.20. The number of ether oxygens (including phenoxy) is 1. The van der Waals surface area contributed by atoms with Gasteiger partial charge in [-0.15, -0.1) is 0 Å². The van der Waals surface area contributed by atoms with E-state index in [0.29, 0.717) is 12.6 Å². The van der Waals surface area contributed by atoms with Crippen molar-refractivity contribution in [1.29, 1.82) is 0 Å². The van der Waals surface area contributed by atoms with Crippen LogP contribution in [0.5, 0.6) is 0 Å². The summed E-state index contributed by atoms with van der Waals surface area (Å²) >= 11 is 0. The Morgan fingerprint density at radius 3 is 2.37 bits per heavy atom. The van der Waals surface area contributed by atoms with Crippen LogP contribution in [0.4, 0.5) is 4.79 Å². The van der Waals surface area contributed by atoms with Gasteiger partial charge in [0.15, 0.2) is 0 Å². The summed E-state index contributed by atoms with van der Waals surface area (Å²) in [5.41, 5.74) is -0.433. The molecule has 2 atom stereocenters. The van der Waals surface area contributed by atoms with Crippen LogP contribution in [-0.2, 0) is 4.74 Å². The van der Waals surface area contributed by atoms with Crippen LogP contribution in [0.2, 0.25) is 0 Å². The number of alkyl carbamates (subject to hydrolysis) is 1. The van der Waals surface area contributed by atoms with E-state index in [4.69, 9.17) is 4.74 Å². The molecule has 0 aromatic carbocycles. The van der Waals surface area contributed by atoms with Crippen LogP contribution in [0.1, 0.15) is 60.3 Å². The first-order valence-electron chi connectivity index (χ1n) is 7.51. The summed E-state index contributed by atoms with van der Waals surface area (Å²) in [7, 11) is 0. The number of carbonyl (C=O) groups excluding carboxylic acids is 1. The lowest BCUT2D eigenvalue weighted by Gasteiger charge is -2.26. The van der Waals surface area contributed by atoms with E-state index in [-0.39, 0.29) is 12.1 Å². The predicted octanol–water partition coefficient (Wildman–Crippen LogP) is 3.07. The van der Waals surface area contributed by atoms with Gasteiger partial charge in [0.05, 0.1) is 0 Å². The molecule has 0 bridgehead atoms. The van der Waals surface area contributed by atoms with Crippen molar-refractivity contribution in [3.8, 4) is 0 Å². The van der Waals surface area contributed by atoms with E-state index in [2.05, 4.69) is 24.5 Å². The monoisotopic (exact) mass is 270 g/mol. The highest BCUT2D eigenvalue weighted by Crippen LogP contribution is 2.27. The zero-order valence-corrected chi connectivity index (χ0v) is 13.1. The Kier molecular flexibility index (Phi) is 6.11. The first-order chi connectivity index (χ1) is 8.78. The third kappa shape index (κ3) is 6.81. The zero-order valence-electron chi connectivity index (χ0n) is 13.1. The molecule has 19 heavy (non-hydrogen) atoms. The van der Waals surface area contributed by atoms with E-state index in [1.54, 1.807) is 0 Å². The Bertz CT molecular complexity index is 280. The van der Waals surface area contributed by atoms with E-state index in [1.807, 2.05) is 20.8 Å². The fourth-order valence-corrected chi connectivity index (χ4v) is 2.65. The molecule has 112 valence electrons. The first-order valence-corrected chi connectivity index (χ1v) is 7.51. The minimum absolute atomic E-state index is 0.267. The van der Waals surface area contributed by atoms with Gasteiger partial charge in [-0.1, -0.05) is 12.8 Å². The van der Waals surface area contributed by atoms with Crippen LogP contribution in [-0.4, -0.2) is 30.3 Å². The van der Waals surface area contributed by atoms with Crippen molar-refractivity contribution in [3.05, 3.63) is 0 Å². The standard InChI is InChI=1S/C15H30N2O2/c1-11(10-16-14(18)19-15(3,4)5)17-12(2)13-8-6-7-9-13/h11-13,17H,6-10H2,1-5H3,(H,16,18). The first kappa shape index (κ1) is 16.3. The smallest absolute Gasteiger partial charge is 0.407 e. The highest BCUT2D eigenvalue weighted by atomic mass is 16.6. The fourth-order valence-electron chi connectivity index (χ4n) is 2.65. The average molecular weight is 270 g/mol. The second-order valence-corrected chi connectivity index (χ2v) is 6.78. The van der Waals surface area contributed by atoms with Crippen LogP contribution >= 0.6 is 0 Å². The molecule has 0 aromatic rings. The van der Waals surface area contributed by atoms with Gasteiger partial charge in [-0.05, 0) is 53.4 Å². The van der Waals surface area contributed by atoms with Gasteiger partial charge in [0.25, 0.3) is 0 Å². The number of hydrogen-bond acceptors (Lipinski definition) is 3. The molecule has 1 amide bonds. The molecular formula is C15H30N2O2. The molecule has 1 saturated carbocycles. The number of carbonyl (C=O) groups is 1. The van der Waals surface area contributed by atoms with Crippen molar-refractivity contribution < 1.29 is 9.53 Å². The Morgan fingerprint density at radius 1 is 1.26 bits per heavy atom. The van der Waals surface area contributed by atoms with Gasteiger partial charge < -0.3 is 15.4 Å². The van der Waals surface area contributed by atoms with Crippen molar-refractivity contribution >= 4 is 6.09 Å². The molecule has 2 N–H and O–H groups in total. The molecule has 1 fully saturated rings. The van der Waals surface area contributed by atoms with E-state index in [0.717, 1.165) is 5.92 Å². The lowest BCUT2D eigenvalue weighted by molar-refractivity contribution is 0.0522. The van der Waals surface area contributed by atoms with Crippen LogP contribution in [0.25, 0.3) is 0 Å². The molecule has 4 nitrogen and oxygen atoms in total. The van der Waals surface area contributed by atoms with Gasteiger partial charge in [0, 0.05) is 18.6 Å². The summed E-state index contributed by atoms with van der Waals surface area (Å²) < 4.78 is 5.22. The zero-order chi connectivity index (χ0) is 14.5. The molecule has 0 heterocycles. The van der Waals surface area contributed by atoms with Gasteiger partial charge in [0.2, 0.25) is 0 Å².